The number of benzene rings is 1. The summed E-state index contributed by atoms with van der Waals surface area (Å²) in [5.74, 6) is -0.359. The number of methoxy groups -OCH3 is 1. The first-order valence-corrected chi connectivity index (χ1v) is 8.32. The molecule has 1 aliphatic rings. The Hall–Kier alpha value is -2.37. The highest BCUT2D eigenvalue weighted by Gasteiger charge is 2.34. The number of rotatable bonds is 2. The van der Waals surface area contributed by atoms with Gasteiger partial charge in [0.2, 0.25) is 0 Å². The fraction of sp³-hybridized carbons (Fsp3) is 0.526. The Morgan fingerprint density at radius 1 is 1.20 bits per heavy atom. The van der Waals surface area contributed by atoms with Crippen molar-refractivity contribution in [2.24, 2.45) is 0 Å². The summed E-state index contributed by atoms with van der Waals surface area (Å²) in [5.41, 5.74) is 1.38. The monoisotopic (exact) mass is 347 g/mol. The number of carbonyl (C=O) groups is 3. The molecule has 0 saturated carbocycles. The summed E-state index contributed by atoms with van der Waals surface area (Å²) in [7, 11) is 1.32. The lowest BCUT2D eigenvalue weighted by molar-refractivity contribution is -0.123. The third-order valence-corrected chi connectivity index (χ3v) is 3.96. The zero-order chi connectivity index (χ0) is 18.8. The van der Waals surface area contributed by atoms with Gasteiger partial charge >= 0.3 is 12.1 Å². The number of amides is 1. The van der Waals surface area contributed by atoms with E-state index < -0.39 is 23.7 Å². The van der Waals surface area contributed by atoms with Crippen LogP contribution >= 0.6 is 0 Å². The summed E-state index contributed by atoms with van der Waals surface area (Å²) < 4.78 is 10.3. The molecule has 0 radical (unpaired) electrons. The normalized spacial score (nSPS) is 18.0. The molecule has 1 fully saturated rings. The van der Waals surface area contributed by atoms with E-state index in [0.29, 0.717) is 18.5 Å². The van der Waals surface area contributed by atoms with Gasteiger partial charge in [-0.25, -0.2) is 9.59 Å². The van der Waals surface area contributed by atoms with Gasteiger partial charge in [-0.05, 0) is 51.0 Å². The first kappa shape index (κ1) is 19.0. The van der Waals surface area contributed by atoms with Crippen molar-refractivity contribution in [1.29, 1.82) is 0 Å². The lowest BCUT2D eigenvalue weighted by atomic mass is 9.92. The van der Waals surface area contributed by atoms with E-state index in [1.165, 1.54) is 7.11 Å². The maximum atomic E-state index is 12.6. The van der Waals surface area contributed by atoms with E-state index in [0.717, 1.165) is 11.1 Å². The molecule has 1 aromatic carbocycles. The third kappa shape index (κ3) is 4.81. The van der Waals surface area contributed by atoms with E-state index in [1.807, 2.05) is 13.0 Å². The number of esters is 1. The summed E-state index contributed by atoms with van der Waals surface area (Å²) in [6, 6.07) is 4.84. The second kappa shape index (κ2) is 7.25. The molecule has 0 N–H and O–H groups in total. The molecule has 1 aliphatic heterocycles. The van der Waals surface area contributed by atoms with Crippen molar-refractivity contribution in [2.75, 3.05) is 13.7 Å². The van der Waals surface area contributed by atoms with Gasteiger partial charge in [-0.2, -0.15) is 0 Å². The predicted octanol–water partition coefficient (Wildman–Crippen LogP) is 3.42. The number of ether oxygens (including phenoxy) is 2. The van der Waals surface area contributed by atoms with Gasteiger partial charge in [-0.1, -0.05) is 6.07 Å². The Morgan fingerprint density at radius 2 is 1.88 bits per heavy atom. The number of carbonyl (C=O) groups excluding carboxylic acids is 3. The first-order valence-electron chi connectivity index (χ1n) is 8.32. The number of likely N-dealkylation sites (tertiary alicyclic amines) is 1. The smallest absolute Gasteiger partial charge is 0.410 e. The minimum atomic E-state index is -0.618. The number of ketones is 1. The first-order chi connectivity index (χ1) is 11.6. The molecule has 136 valence electrons. The fourth-order valence-electron chi connectivity index (χ4n) is 2.91. The van der Waals surface area contributed by atoms with Crippen LogP contribution in [0.25, 0.3) is 0 Å². The van der Waals surface area contributed by atoms with Crippen molar-refractivity contribution in [3.05, 3.63) is 34.9 Å². The minimum Gasteiger partial charge on any atom is -0.465 e. The van der Waals surface area contributed by atoms with Gasteiger partial charge in [-0.3, -0.25) is 4.79 Å². The zero-order valence-corrected chi connectivity index (χ0v) is 15.4. The largest absolute Gasteiger partial charge is 0.465 e. The van der Waals surface area contributed by atoms with Crippen LogP contribution in [0.15, 0.2) is 18.2 Å². The Labute approximate surface area is 148 Å². The molecule has 0 spiro atoms. The molecule has 6 nitrogen and oxygen atoms in total. The van der Waals surface area contributed by atoms with Crippen LogP contribution in [0.4, 0.5) is 4.79 Å². The van der Waals surface area contributed by atoms with Crippen LogP contribution in [0.3, 0.4) is 0 Å². The van der Waals surface area contributed by atoms with E-state index in [-0.39, 0.29) is 12.2 Å². The van der Waals surface area contributed by atoms with Crippen molar-refractivity contribution < 1.29 is 23.9 Å². The second-order valence-electron chi connectivity index (χ2n) is 7.31. The molecule has 1 amide bonds. The molecular formula is C19H25NO5. The minimum absolute atomic E-state index is 0.0888. The average molecular weight is 347 g/mol. The fourth-order valence-corrected chi connectivity index (χ4v) is 2.91. The summed E-state index contributed by atoms with van der Waals surface area (Å²) in [6.45, 7) is 7.57. The lowest BCUT2D eigenvalue weighted by Crippen LogP contribution is -2.44. The van der Waals surface area contributed by atoms with Gasteiger partial charge in [0.25, 0.3) is 0 Å². The van der Waals surface area contributed by atoms with E-state index in [4.69, 9.17) is 9.47 Å². The maximum absolute atomic E-state index is 12.6. The van der Waals surface area contributed by atoms with Gasteiger partial charge in [0.15, 0.2) is 0 Å². The number of hydrogen-bond donors (Lipinski definition) is 0. The van der Waals surface area contributed by atoms with Gasteiger partial charge in [0.1, 0.15) is 11.4 Å². The number of hydrogen-bond acceptors (Lipinski definition) is 5. The summed E-state index contributed by atoms with van der Waals surface area (Å²) in [4.78, 5) is 38.0. The van der Waals surface area contributed by atoms with Gasteiger partial charge in [-0.15, -0.1) is 0 Å². The van der Waals surface area contributed by atoms with E-state index in [9.17, 15) is 14.4 Å². The molecule has 0 bridgehead atoms. The average Bonchev–Trinajstić information content (AvgIpc) is 2.51. The highest BCUT2D eigenvalue weighted by molar-refractivity contribution is 5.90. The standard InChI is InChI=1S/C19H25NO5/c1-12-8-13(10-14(9-12)17(22)24-5)16-11-15(21)6-7-20(16)18(23)25-19(2,3)4/h8-10,16H,6-7,11H2,1-5H3. The van der Waals surface area contributed by atoms with Crippen molar-refractivity contribution >= 4 is 17.8 Å². The number of Topliss-reactive ketones (excluding diaryl/α,β-unsaturated/α-hetero) is 1. The Kier molecular flexibility index (Phi) is 5.50. The summed E-state index contributed by atoms with van der Waals surface area (Å²) in [5, 5.41) is 0. The molecule has 1 saturated heterocycles. The number of piperidine rings is 1. The van der Waals surface area contributed by atoms with Gasteiger partial charge in [0, 0.05) is 19.4 Å². The van der Waals surface area contributed by atoms with Crippen LogP contribution in [0.5, 0.6) is 0 Å². The van der Waals surface area contributed by atoms with Crippen molar-refractivity contribution in [2.45, 2.75) is 52.2 Å². The van der Waals surface area contributed by atoms with E-state index >= 15 is 0 Å². The summed E-state index contributed by atoms with van der Waals surface area (Å²) in [6.07, 6.45) is 0.0699. The molecule has 1 aromatic rings. The summed E-state index contributed by atoms with van der Waals surface area (Å²) >= 11 is 0. The van der Waals surface area contributed by atoms with Crippen molar-refractivity contribution in [1.82, 2.24) is 4.90 Å². The van der Waals surface area contributed by atoms with Crippen LogP contribution in [-0.2, 0) is 14.3 Å². The van der Waals surface area contributed by atoms with Crippen LogP contribution in [-0.4, -0.2) is 42.0 Å². The van der Waals surface area contributed by atoms with Crippen LogP contribution in [0.1, 0.15) is 61.1 Å². The highest BCUT2D eigenvalue weighted by atomic mass is 16.6. The number of nitrogens with zero attached hydrogens (tertiary/aromatic N) is 1. The lowest BCUT2D eigenvalue weighted by Gasteiger charge is -2.36. The maximum Gasteiger partial charge on any atom is 0.410 e. The van der Waals surface area contributed by atoms with Crippen LogP contribution < -0.4 is 0 Å². The topological polar surface area (TPSA) is 72.9 Å². The molecule has 0 aliphatic carbocycles. The number of aryl methyl sites for hydroxylation is 1. The van der Waals surface area contributed by atoms with Gasteiger partial charge in [0.05, 0.1) is 18.7 Å². The molecule has 25 heavy (non-hydrogen) atoms. The molecule has 0 aromatic heterocycles. The van der Waals surface area contributed by atoms with Crippen LogP contribution in [0, 0.1) is 6.92 Å². The molecule has 1 unspecified atom stereocenters. The molecule has 1 heterocycles. The Bertz CT molecular complexity index is 690. The quantitative estimate of drug-likeness (QED) is 0.767. The predicted molar refractivity (Wildman–Crippen MR) is 92.4 cm³/mol. The van der Waals surface area contributed by atoms with Gasteiger partial charge < -0.3 is 14.4 Å². The second-order valence-corrected chi connectivity index (χ2v) is 7.31. The van der Waals surface area contributed by atoms with E-state index in [2.05, 4.69) is 0 Å². The van der Waals surface area contributed by atoms with E-state index in [1.54, 1.807) is 37.8 Å². The third-order valence-electron chi connectivity index (χ3n) is 3.96. The van der Waals surface area contributed by atoms with Crippen LogP contribution in [0.2, 0.25) is 0 Å². The molecular weight excluding hydrogens is 322 g/mol. The molecule has 6 heteroatoms. The Balaban J connectivity index is 2.38. The molecule has 1 atom stereocenters. The Morgan fingerprint density at radius 3 is 2.48 bits per heavy atom. The molecule has 2 rings (SSSR count). The van der Waals surface area contributed by atoms with Crippen molar-refractivity contribution in [3.63, 3.8) is 0 Å². The van der Waals surface area contributed by atoms with Crippen molar-refractivity contribution in [3.8, 4) is 0 Å². The SMILES string of the molecule is COC(=O)c1cc(C)cc(C2CC(=O)CCN2C(=O)OC(C)(C)C)c1. The highest BCUT2D eigenvalue weighted by Crippen LogP contribution is 2.32. The zero-order valence-electron chi connectivity index (χ0n) is 15.4.